The van der Waals surface area contributed by atoms with Gasteiger partial charge >= 0.3 is 0 Å². The molecule has 1 aliphatic heterocycles. The lowest BCUT2D eigenvalue weighted by Gasteiger charge is -2.15. The number of carbonyl (C=O) groups excluding carboxylic acids is 1. The number of likely N-dealkylation sites (tertiary alicyclic amines) is 1. The Morgan fingerprint density at radius 1 is 1.75 bits per heavy atom. The first-order valence-corrected chi connectivity index (χ1v) is 4.26. The summed E-state index contributed by atoms with van der Waals surface area (Å²) in [6.45, 7) is 1.37. The summed E-state index contributed by atoms with van der Waals surface area (Å²) in [5, 5.41) is 2.79. The number of nitrogens with one attached hydrogen (secondary N) is 1. The molecule has 70 valence electrons. The molecule has 1 aliphatic rings. The molecule has 0 bridgehead atoms. The van der Waals surface area contributed by atoms with Gasteiger partial charge in [0, 0.05) is 19.0 Å². The fourth-order valence-electron chi connectivity index (χ4n) is 1.45. The molecule has 1 saturated heterocycles. The minimum atomic E-state index is -0.302. The Morgan fingerprint density at radius 3 is 3.00 bits per heavy atom. The largest absolute Gasteiger partial charge is 0.341 e. The van der Waals surface area contributed by atoms with Crippen molar-refractivity contribution >= 4 is 5.91 Å². The van der Waals surface area contributed by atoms with E-state index in [4.69, 9.17) is 0 Å². The lowest BCUT2D eigenvalue weighted by atomic mass is 10.1. The first kappa shape index (κ1) is 9.45. The molecule has 12 heavy (non-hydrogen) atoms. The average Bonchev–Trinajstić information content (AvgIpc) is 2.52. The highest BCUT2D eigenvalue weighted by Crippen LogP contribution is 2.15. The molecule has 1 fully saturated rings. The second-order valence-electron chi connectivity index (χ2n) is 3.18. The van der Waals surface area contributed by atoms with Crippen LogP contribution in [0.2, 0.25) is 0 Å². The van der Waals surface area contributed by atoms with Crippen molar-refractivity contribution in [2.75, 3.05) is 33.4 Å². The molecule has 0 aromatic rings. The van der Waals surface area contributed by atoms with Gasteiger partial charge in [0.15, 0.2) is 0 Å². The van der Waals surface area contributed by atoms with E-state index < -0.39 is 0 Å². The van der Waals surface area contributed by atoms with E-state index in [0.717, 1.165) is 13.0 Å². The summed E-state index contributed by atoms with van der Waals surface area (Å²) in [4.78, 5) is 13.0. The van der Waals surface area contributed by atoms with Gasteiger partial charge < -0.3 is 10.2 Å². The number of hydrogen-bond donors (Lipinski definition) is 1. The third-order valence-corrected chi connectivity index (χ3v) is 2.18. The van der Waals surface area contributed by atoms with Crippen LogP contribution in [0.5, 0.6) is 0 Å². The van der Waals surface area contributed by atoms with Gasteiger partial charge in [0.1, 0.15) is 0 Å². The van der Waals surface area contributed by atoms with Crippen LogP contribution in [0, 0.1) is 5.92 Å². The molecular weight excluding hydrogens is 159 g/mol. The Bertz CT molecular complexity index is 163. The minimum Gasteiger partial charge on any atom is -0.341 e. The Hall–Kier alpha value is -0.640. The zero-order valence-electron chi connectivity index (χ0n) is 7.35. The molecule has 0 radical (unpaired) electrons. The number of halogens is 1. The van der Waals surface area contributed by atoms with Crippen LogP contribution < -0.4 is 5.32 Å². The predicted molar refractivity (Wildman–Crippen MR) is 44.6 cm³/mol. The maximum atomic E-state index is 12.2. The van der Waals surface area contributed by atoms with Crippen LogP contribution in [-0.4, -0.2) is 44.2 Å². The number of hydrogen-bond acceptors (Lipinski definition) is 2. The highest BCUT2D eigenvalue weighted by atomic mass is 19.1. The molecule has 3 nitrogen and oxygen atoms in total. The third-order valence-electron chi connectivity index (χ3n) is 2.18. The van der Waals surface area contributed by atoms with Gasteiger partial charge in [0.25, 0.3) is 0 Å². The van der Waals surface area contributed by atoms with Gasteiger partial charge in [-0.1, -0.05) is 0 Å². The quantitative estimate of drug-likeness (QED) is 0.654. The van der Waals surface area contributed by atoms with Gasteiger partial charge in [-0.25, -0.2) is 0 Å². The van der Waals surface area contributed by atoms with Crippen molar-refractivity contribution in [2.24, 2.45) is 5.92 Å². The fraction of sp³-hybridized carbons (Fsp3) is 0.875. The lowest BCUT2D eigenvalue weighted by Crippen LogP contribution is -2.35. The number of likely N-dealkylation sites (N-methyl/N-ethyl adjacent to an activating group) is 1. The number of rotatable bonds is 3. The Morgan fingerprint density at radius 2 is 2.50 bits per heavy atom. The maximum Gasteiger partial charge on any atom is 0.236 e. The van der Waals surface area contributed by atoms with Crippen LogP contribution >= 0.6 is 0 Å². The average molecular weight is 174 g/mol. The van der Waals surface area contributed by atoms with E-state index in [-0.39, 0.29) is 18.5 Å². The first-order chi connectivity index (χ1) is 5.77. The molecule has 1 heterocycles. The second kappa shape index (κ2) is 4.40. The number of carbonyl (C=O) groups is 1. The molecule has 4 heteroatoms. The van der Waals surface area contributed by atoms with Crippen molar-refractivity contribution < 1.29 is 9.18 Å². The summed E-state index contributed by atoms with van der Waals surface area (Å²) < 4.78 is 12.2. The summed E-state index contributed by atoms with van der Waals surface area (Å²) in [6, 6.07) is 0. The van der Waals surface area contributed by atoms with Crippen LogP contribution in [0.1, 0.15) is 6.42 Å². The van der Waals surface area contributed by atoms with E-state index >= 15 is 0 Å². The highest BCUT2D eigenvalue weighted by molar-refractivity contribution is 5.78. The standard InChI is InChI=1S/C8H15FN2O/c1-10-5-8(12)11-3-2-7(4-9)6-11/h7,10H,2-6H2,1H3. The number of amides is 1. The highest BCUT2D eigenvalue weighted by Gasteiger charge is 2.25. The maximum absolute atomic E-state index is 12.2. The SMILES string of the molecule is CNCC(=O)N1CCC(CF)C1. The van der Waals surface area contributed by atoms with Crippen molar-refractivity contribution in [2.45, 2.75) is 6.42 Å². The zero-order valence-corrected chi connectivity index (χ0v) is 7.35. The van der Waals surface area contributed by atoms with E-state index in [2.05, 4.69) is 5.32 Å². The summed E-state index contributed by atoms with van der Waals surface area (Å²) >= 11 is 0. The smallest absolute Gasteiger partial charge is 0.236 e. The molecule has 0 aliphatic carbocycles. The van der Waals surface area contributed by atoms with Gasteiger partial charge in [0.05, 0.1) is 13.2 Å². The monoisotopic (exact) mass is 174 g/mol. The van der Waals surface area contributed by atoms with E-state index in [0.29, 0.717) is 13.1 Å². The summed E-state index contributed by atoms with van der Waals surface area (Å²) in [5.74, 6) is 0.152. The van der Waals surface area contributed by atoms with Crippen LogP contribution in [0.4, 0.5) is 4.39 Å². The summed E-state index contributed by atoms with van der Waals surface area (Å²) in [7, 11) is 1.74. The molecule has 1 unspecified atom stereocenters. The van der Waals surface area contributed by atoms with Crippen molar-refractivity contribution in [3.05, 3.63) is 0 Å². The number of alkyl halides is 1. The molecular formula is C8H15FN2O. The zero-order chi connectivity index (χ0) is 8.97. The summed E-state index contributed by atoms with van der Waals surface area (Å²) in [6.07, 6.45) is 0.811. The topological polar surface area (TPSA) is 32.3 Å². The molecule has 1 rings (SSSR count). The Labute approximate surface area is 71.9 Å². The molecule has 1 amide bonds. The molecule has 0 aromatic heterocycles. The minimum absolute atomic E-state index is 0.0748. The van der Waals surface area contributed by atoms with Crippen LogP contribution in [0.3, 0.4) is 0 Å². The molecule has 0 spiro atoms. The van der Waals surface area contributed by atoms with Crippen LogP contribution in [-0.2, 0) is 4.79 Å². The predicted octanol–water partition coefficient (Wildman–Crippen LogP) is 0.0238. The molecule has 0 saturated carbocycles. The van der Waals surface area contributed by atoms with Gasteiger partial charge in [-0.15, -0.1) is 0 Å². The van der Waals surface area contributed by atoms with Crippen LogP contribution in [0.25, 0.3) is 0 Å². The van der Waals surface area contributed by atoms with E-state index in [1.165, 1.54) is 0 Å². The lowest BCUT2D eigenvalue weighted by molar-refractivity contribution is -0.129. The van der Waals surface area contributed by atoms with Gasteiger partial charge in [0.2, 0.25) is 5.91 Å². The molecule has 1 atom stereocenters. The summed E-state index contributed by atoms with van der Waals surface area (Å²) in [5.41, 5.74) is 0. The van der Waals surface area contributed by atoms with Gasteiger partial charge in [-0.05, 0) is 13.5 Å². The van der Waals surface area contributed by atoms with E-state index in [9.17, 15) is 9.18 Å². The van der Waals surface area contributed by atoms with Crippen molar-refractivity contribution in [1.29, 1.82) is 0 Å². The van der Waals surface area contributed by atoms with Crippen LogP contribution in [0.15, 0.2) is 0 Å². The van der Waals surface area contributed by atoms with Gasteiger partial charge in [-0.2, -0.15) is 0 Å². The van der Waals surface area contributed by atoms with Gasteiger partial charge in [-0.3, -0.25) is 9.18 Å². The molecule has 0 aromatic carbocycles. The van der Waals surface area contributed by atoms with E-state index in [1.807, 2.05) is 0 Å². The Kier molecular flexibility index (Phi) is 3.47. The fourth-order valence-corrected chi connectivity index (χ4v) is 1.45. The second-order valence-corrected chi connectivity index (χ2v) is 3.18. The normalized spacial score (nSPS) is 23.2. The Balaban J connectivity index is 2.31. The third kappa shape index (κ3) is 2.17. The van der Waals surface area contributed by atoms with Crippen molar-refractivity contribution in [1.82, 2.24) is 10.2 Å². The van der Waals surface area contributed by atoms with Crippen molar-refractivity contribution in [3.8, 4) is 0 Å². The van der Waals surface area contributed by atoms with E-state index in [1.54, 1.807) is 11.9 Å². The molecule has 1 N–H and O–H groups in total. The number of nitrogens with zero attached hydrogens (tertiary/aromatic N) is 1. The first-order valence-electron chi connectivity index (χ1n) is 4.26. The van der Waals surface area contributed by atoms with Crippen molar-refractivity contribution in [3.63, 3.8) is 0 Å².